The third-order valence-electron chi connectivity index (χ3n) is 6.42. The lowest BCUT2D eigenvalue weighted by Crippen LogP contribution is -2.28. The molecule has 0 aliphatic carbocycles. The Morgan fingerprint density at radius 3 is 2.48 bits per heavy atom. The number of aromatic nitrogens is 1. The molecule has 2 heterocycles. The van der Waals surface area contributed by atoms with Crippen LogP contribution in [0.3, 0.4) is 0 Å². The highest BCUT2D eigenvalue weighted by molar-refractivity contribution is 6.30. The summed E-state index contributed by atoms with van der Waals surface area (Å²) in [5.74, 6) is 7.08. The third-order valence-corrected chi connectivity index (χ3v) is 6.67. The summed E-state index contributed by atoms with van der Waals surface area (Å²) in [6.45, 7) is 3.09. The van der Waals surface area contributed by atoms with Crippen LogP contribution in [-0.2, 0) is 11.2 Å². The smallest absolute Gasteiger partial charge is 0.114 e. The van der Waals surface area contributed by atoms with Crippen molar-refractivity contribution in [2.45, 2.75) is 32.3 Å². The highest BCUT2D eigenvalue weighted by Gasteiger charge is 2.21. The first kappa shape index (κ1) is 21.7. The largest absolute Gasteiger partial charge is 0.378 e. The van der Waals surface area contributed by atoms with Gasteiger partial charge in [0.05, 0.1) is 11.6 Å². The predicted octanol–water partition coefficient (Wildman–Crippen LogP) is 7.31. The van der Waals surface area contributed by atoms with E-state index in [1.807, 2.05) is 30.3 Å². The van der Waals surface area contributed by atoms with Crippen LogP contribution in [0.4, 0.5) is 0 Å². The molecule has 2 atom stereocenters. The molecule has 0 saturated carbocycles. The van der Waals surface area contributed by atoms with Gasteiger partial charge in [-0.15, -0.1) is 0 Å². The number of nitrogens with zero attached hydrogens (tertiary/aromatic N) is 1. The van der Waals surface area contributed by atoms with Gasteiger partial charge in [-0.2, -0.15) is 0 Å². The van der Waals surface area contributed by atoms with E-state index < -0.39 is 0 Å². The van der Waals surface area contributed by atoms with E-state index >= 15 is 0 Å². The summed E-state index contributed by atoms with van der Waals surface area (Å²) in [6.07, 6.45) is 3.83. The molecule has 3 heteroatoms. The van der Waals surface area contributed by atoms with E-state index in [0.717, 1.165) is 51.3 Å². The number of fused-ring (bicyclic) bond motifs is 1. The first-order chi connectivity index (χ1) is 16.1. The van der Waals surface area contributed by atoms with Crippen molar-refractivity contribution >= 4 is 22.5 Å². The molecule has 0 N–H and O–H groups in total. The molecule has 1 fully saturated rings. The number of pyridine rings is 1. The van der Waals surface area contributed by atoms with Crippen molar-refractivity contribution in [3.8, 4) is 23.0 Å². The molecule has 3 aromatic carbocycles. The van der Waals surface area contributed by atoms with Gasteiger partial charge in [0.1, 0.15) is 5.69 Å². The fraction of sp³-hybridized carbons (Fsp3) is 0.233. The lowest BCUT2D eigenvalue weighted by molar-refractivity contribution is -0.0141. The molecule has 0 spiro atoms. The second kappa shape index (κ2) is 9.79. The van der Waals surface area contributed by atoms with Crippen LogP contribution in [0.5, 0.6) is 0 Å². The Morgan fingerprint density at radius 2 is 1.70 bits per heavy atom. The first-order valence-electron chi connectivity index (χ1n) is 11.5. The van der Waals surface area contributed by atoms with E-state index in [4.69, 9.17) is 21.3 Å². The second-order valence-corrected chi connectivity index (χ2v) is 9.18. The molecule has 0 radical (unpaired) electrons. The highest BCUT2D eigenvalue weighted by Crippen LogP contribution is 2.26. The molecule has 33 heavy (non-hydrogen) atoms. The lowest BCUT2D eigenvalue weighted by atomic mass is 9.89. The van der Waals surface area contributed by atoms with Gasteiger partial charge in [0.25, 0.3) is 0 Å². The topological polar surface area (TPSA) is 22.1 Å². The van der Waals surface area contributed by atoms with Crippen LogP contribution in [-0.4, -0.2) is 17.7 Å². The Morgan fingerprint density at radius 1 is 0.909 bits per heavy atom. The molecule has 4 aromatic rings. The van der Waals surface area contributed by atoms with Crippen LogP contribution < -0.4 is 0 Å². The molecule has 0 amide bonds. The minimum Gasteiger partial charge on any atom is -0.378 e. The number of hydrogen-bond donors (Lipinski definition) is 0. The lowest BCUT2D eigenvalue weighted by Gasteiger charge is -2.29. The fourth-order valence-electron chi connectivity index (χ4n) is 4.43. The monoisotopic (exact) mass is 451 g/mol. The Labute approximate surface area is 200 Å². The van der Waals surface area contributed by atoms with E-state index in [2.05, 4.69) is 67.3 Å². The number of halogens is 1. The van der Waals surface area contributed by atoms with E-state index in [1.165, 1.54) is 18.4 Å². The molecule has 0 bridgehead atoms. The van der Waals surface area contributed by atoms with Gasteiger partial charge in [-0.1, -0.05) is 47.9 Å². The molecule has 1 aliphatic heterocycles. The molecule has 1 saturated heterocycles. The van der Waals surface area contributed by atoms with Gasteiger partial charge in [0, 0.05) is 22.6 Å². The molecule has 2 nitrogen and oxygen atoms in total. The van der Waals surface area contributed by atoms with Gasteiger partial charge >= 0.3 is 0 Å². The van der Waals surface area contributed by atoms with E-state index in [9.17, 15) is 0 Å². The van der Waals surface area contributed by atoms with Crippen molar-refractivity contribution < 1.29 is 4.74 Å². The molecular weight excluding hydrogens is 426 g/mol. The maximum absolute atomic E-state index is 6.01. The third kappa shape index (κ3) is 5.28. The zero-order valence-corrected chi connectivity index (χ0v) is 19.5. The quantitative estimate of drug-likeness (QED) is 0.304. The molecular formula is C30H26ClNO. The summed E-state index contributed by atoms with van der Waals surface area (Å²) < 4.78 is 5.80. The van der Waals surface area contributed by atoms with E-state index in [0.29, 0.717) is 12.0 Å². The molecule has 5 rings (SSSR count). The summed E-state index contributed by atoms with van der Waals surface area (Å²) in [5.41, 5.74) is 6.36. The van der Waals surface area contributed by atoms with Gasteiger partial charge in [0.15, 0.2) is 0 Å². The van der Waals surface area contributed by atoms with Crippen molar-refractivity contribution in [1.82, 2.24) is 4.98 Å². The van der Waals surface area contributed by atoms with E-state index in [-0.39, 0.29) is 0 Å². The van der Waals surface area contributed by atoms with Crippen LogP contribution >= 0.6 is 11.6 Å². The standard InChI is InChI=1S/C30H26ClNO/c1-21-25(3-2-18-33-21)19-23-6-4-22(5-7-23)8-15-29-16-11-27-20-26(12-17-30(27)32-29)24-9-13-28(31)14-10-24/h4-7,9-14,16-17,20-21,25H,2-3,18-19H2,1H3. The number of hydrogen-bond acceptors (Lipinski definition) is 2. The van der Waals surface area contributed by atoms with E-state index in [1.54, 1.807) is 0 Å². The highest BCUT2D eigenvalue weighted by atomic mass is 35.5. The van der Waals surface area contributed by atoms with Gasteiger partial charge in [-0.3, -0.25) is 0 Å². The molecule has 164 valence electrons. The SMILES string of the molecule is CC1OCCCC1Cc1ccc(C#Cc2ccc3cc(-c4ccc(Cl)cc4)ccc3n2)cc1. The Kier molecular flexibility index (Phi) is 6.44. The van der Waals surface area contributed by atoms with Crippen LogP contribution in [0, 0.1) is 17.8 Å². The van der Waals surface area contributed by atoms with Crippen LogP contribution in [0.2, 0.25) is 5.02 Å². The summed E-state index contributed by atoms with van der Waals surface area (Å²) in [4.78, 5) is 4.73. The predicted molar refractivity (Wildman–Crippen MR) is 136 cm³/mol. The van der Waals surface area contributed by atoms with Gasteiger partial charge < -0.3 is 4.74 Å². The number of benzene rings is 3. The minimum atomic E-state index is 0.347. The van der Waals surface area contributed by atoms with Gasteiger partial charge in [-0.05, 0) is 103 Å². The van der Waals surface area contributed by atoms with Crippen molar-refractivity contribution in [2.75, 3.05) is 6.61 Å². The molecule has 1 aromatic heterocycles. The Bertz CT molecular complexity index is 1320. The minimum absolute atomic E-state index is 0.347. The van der Waals surface area contributed by atoms with Crippen molar-refractivity contribution in [3.05, 3.63) is 101 Å². The molecule has 2 unspecified atom stereocenters. The Balaban J connectivity index is 1.30. The summed E-state index contributed by atoms with van der Waals surface area (Å²) >= 11 is 6.01. The second-order valence-electron chi connectivity index (χ2n) is 8.74. The Hall–Kier alpha value is -3.12. The summed E-state index contributed by atoms with van der Waals surface area (Å²) in [7, 11) is 0. The van der Waals surface area contributed by atoms with Crippen molar-refractivity contribution in [3.63, 3.8) is 0 Å². The average molecular weight is 452 g/mol. The van der Waals surface area contributed by atoms with Crippen molar-refractivity contribution in [2.24, 2.45) is 5.92 Å². The van der Waals surface area contributed by atoms with Gasteiger partial charge in [-0.25, -0.2) is 4.98 Å². The van der Waals surface area contributed by atoms with Crippen LogP contribution in [0.15, 0.2) is 78.9 Å². The average Bonchev–Trinajstić information content (AvgIpc) is 2.85. The summed E-state index contributed by atoms with van der Waals surface area (Å²) in [5, 5.41) is 1.84. The zero-order valence-electron chi connectivity index (χ0n) is 18.7. The van der Waals surface area contributed by atoms with Gasteiger partial charge in [0.2, 0.25) is 0 Å². The normalized spacial score (nSPS) is 18.0. The number of ether oxygens (including phenoxy) is 1. The maximum atomic E-state index is 6.01. The zero-order chi connectivity index (χ0) is 22.6. The molecule has 1 aliphatic rings. The first-order valence-corrected chi connectivity index (χ1v) is 11.9. The van der Waals surface area contributed by atoms with Crippen LogP contribution in [0.1, 0.15) is 36.6 Å². The summed E-state index contributed by atoms with van der Waals surface area (Å²) in [6, 6.07) is 26.9. The number of rotatable bonds is 3. The fourth-order valence-corrected chi connectivity index (χ4v) is 4.56. The van der Waals surface area contributed by atoms with Crippen molar-refractivity contribution in [1.29, 1.82) is 0 Å². The van der Waals surface area contributed by atoms with Crippen LogP contribution in [0.25, 0.3) is 22.0 Å². The maximum Gasteiger partial charge on any atom is 0.114 e.